The van der Waals surface area contributed by atoms with Gasteiger partial charge < -0.3 is 0 Å². The van der Waals surface area contributed by atoms with Gasteiger partial charge in [-0.2, -0.15) is 10.6 Å². The zero-order chi connectivity index (χ0) is 7.11. The number of nitrogens with zero attached hydrogens (tertiary/aromatic N) is 4. The molecule has 5 nitrogen and oxygen atoms in total. The van der Waals surface area contributed by atoms with Gasteiger partial charge in [0.15, 0.2) is 5.84 Å². The Bertz CT molecular complexity index is 136. The molecule has 0 aromatic carbocycles. The highest BCUT2D eigenvalue weighted by Gasteiger charge is 1.80. The van der Waals surface area contributed by atoms with E-state index in [1.807, 2.05) is 6.92 Å². The molecule has 0 aromatic rings. The molecule has 0 saturated heterocycles. The highest BCUT2D eigenvalue weighted by Crippen LogP contribution is 1.82. The molecule has 0 atom stereocenters. The quantitative estimate of drug-likeness (QED) is 0.254. The van der Waals surface area contributed by atoms with Crippen LogP contribution < -0.4 is 0 Å². The minimum absolute atomic E-state index is 0.409. The third kappa shape index (κ3) is 4.73. The lowest BCUT2D eigenvalue weighted by Gasteiger charge is -1.81. The van der Waals surface area contributed by atoms with E-state index in [9.17, 15) is 0 Å². The molecule has 9 heavy (non-hydrogen) atoms. The van der Waals surface area contributed by atoms with Gasteiger partial charge in [0, 0.05) is 0 Å². The van der Waals surface area contributed by atoms with Crippen LogP contribution in [0.2, 0.25) is 0 Å². The van der Waals surface area contributed by atoms with Crippen molar-refractivity contribution in [3.8, 4) is 0 Å². The summed E-state index contributed by atoms with van der Waals surface area (Å²) >= 11 is 0. The van der Waals surface area contributed by atoms with Crippen molar-refractivity contribution in [1.29, 1.82) is 5.53 Å². The fraction of sp³-hybridized carbons (Fsp3) is 0.750. The summed E-state index contributed by atoms with van der Waals surface area (Å²) < 4.78 is 0. The number of hydrogen-bond acceptors (Lipinski definition) is 3. The number of nitrogens with one attached hydrogen (secondary N) is 1. The van der Waals surface area contributed by atoms with Crippen LogP contribution in [0.1, 0.15) is 13.8 Å². The van der Waals surface area contributed by atoms with E-state index in [0.29, 0.717) is 12.4 Å². The second-order valence-corrected chi connectivity index (χ2v) is 1.30. The molecule has 0 heterocycles. The number of azo groups is 1. The summed E-state index contributed by atoms with van der Waals surface area (Å²) in [4.78, 5) is 0. The molecule has 0 bridgehead atoms. The standard InChI is InChI=1S/C4H9N5/c1-3-6-7-4(2)8-9-5/h5H,3H2,1-2H3/b7-6?,8-4-,9-5?. The van der Waals surface area contributed by atoms with Gasteiger partial charge in [-0.3, -0.25) is 0 Å². The number of hydrogen-bond donors (Lipinski definition) is 1. The van der Waals surface area contributed by atoms with E-state index in [1.165, 1.54) is 0 Å². The first kappa shape index (κ1) is 7.87. The normalized spacial score (nSPS) is 12.4. The molecule has 50 valence electrons. The SMILES string of the molecule is CCN=N/C(C)=N\N=N. The molecule has 0 saturated carbocycles. The van der Waals surface area contributed by atoms with Gasteiger partial charge in [-0.15, -0.1) is 10.2 Å². The second kappa shape index (κ2) is 5.02. The van der Waals surface area contributed by atoms with Crippen LogP contribution in [0.3, 0.4) is 0 Å². The van der Waals surface area contributed by atoms with E-state index in [4.69, 9.17) is 5.53 Å². The van der Waals surface area contributed by atoms with Crippen LogP contribution in [0.25, 0.3) is 0 Å². The maximum absolute atomic E-state index is 6.30. The summed E-state index contributed by atoms with van der Waals surface area (Å²) in [6, 6.07) is 0. The third-order valence-electron chi connectivity index (χ3n) is 0.552. The van der Waals surface area contributed by atoms with Gasteiger partial charge in [0.2, 0.25) is 0 Å². The Hall–Kier alpha value is -1.13. The second-order valence-electron chi connectivity index (χ2n) is 1.30. The van der Waals surface area contributed by atoms with Gasteiger partial charge >= 0.3 is 0 Å². The first-order valence-corrected chi connectivity index (χ1v) is 2.59. The molecule has 0 rings (SSSR count). The highest BCUT2D eigenvalue weighted by atomic mass is 15.3. The molecule has 0 spiro atoms. The average molecular weight is 127 g/mol. The van der Waals surface area contributed by atoms with Crippen molar-refractivity contribution in [1.82, 2.24) is 0 Å². The van der Waals surface area contributed by atoms with Crippen LogP contribution >= 0.6 is 0 Å². The van der Waals surface area contributed by atoms with Crippen LogP contribution in [0.5, 0.6) is 0 Å². The lowest BCUT2D eigenvalue weighted by atomic mass is 10.7. The minimum Gasteiger partial charge on any atom is -0.188 e. The smallest absolute Gasteiger partial charge is 0.171 e. The Morgan fingerprint density at radius 3 is 2.67 bits per heavy atom. The topological polar surface area (TPSA) is 73.3 Å². The molecule has 0 aliphatic rings. The molecule has 0 aliphatic carbocycles. The van der Waals surface area contributed by atoms with E-state index in [-0.39, 0.29) is 0 Å². The Balaban J connectivity index is 3.74. The zero-order valence-corrected chi connectivity index (χ0v) is 5.50. The first-order valence-electron chi connectivity index (χ1n) is 2.59. The van der Waals surface area contributed by atoms with E-state index in [2.05, 4.69) is 20.6 Å². The van der Waals surface area contributed by atoms with Crippen molar-refractivity contribution in [3.63, 3.8) is 0 Å². The van der Waals surface area contributed by atoms with Gasteiger partial charge in [0.1, 0.15) is 0 Å². The summed E-state index contributed by atoms with van der Waals surface area (Å²) in [6.45, 7) is 4.14. The molecule has 1 N–H and O–H groups in total. The van der Waals surface area contributed by atoms with Crippen LogP contribution in [0.15, 0.2) is 20.6 Å². The maximum Gasteiger partial charge on any atom is 0.171 e. The largest absolute Gasteiger partial charge is 0.188 e. The molecule has 0 amide bonds. The first-order chi connectivity index (χ1) is 4.31. The van der Waals surface area contributed by atoms with Crippen molar-refractivity contribution in [2.24, 2.45) is 20.6 Å². The van der Waals surface area contributed by atoms with Gasteiger partial charge in [0.05, 0.1) is 6.54 Å². The van der Waals surface area contributed by atoms with Crippen LogP contribution in [0, 0.1) is 5.53 Å². The fourth-order valence-electron chi connectivity index (χ4n) is 0.265. The van der Waals surface area contributed by atoms with Gasteiger partial charge in [-0.1, -0.05) is 5.22 Å². The molecule has 5 heteroatoms. The zero-order valence-electron chi connectivity index (χ0n) is 5.50. The van der Waals surface area contributed by atoms with Crippen LogP contribution in [0.4, 0.5) is 0 Å². The summed E-state index contributed by atoms with van der Waals surface area (Å²) in [5, 5.41) is 13.3. The van der Waals surface area contributed by atoms with Crippen molar-refractivity contribution in [3.05, 3.63) is 0 Å². The van der Waals surface area contributed by atoms with Gasteiger partial charge in [0.25, 0.3) is 0 Å². The lowest BCUT2D eigenvalue weighted by Crippen LogP contribution is -1.80. The molecule has 0 unspecified atom stereocenters. The Kier molecular flexibility index (Phi) is 4.39. The number of rotatable bonds is 2. The van der Waals surface area contributed by atoms with E-state index in [1.54, 1.807) is 6.92 Å². The Morgan fingerprint density at radius 1 is 1.56 bits per heavy atom. The van der Waals surface area contributed by atoms with Crippen molar-refractivity contribution in [2.45, 2.75) is 13.8 Å². The molecule has 0 aliphatic heterocycles. The van der Waals surface area contributed by atoms with E-state index < -0.39 is 0 Å². The summed E-state index contributed by atoms with van der Waals surface area (Å²) in [7, 11) is 0. The Labute approximate surface area is 53.4 Å². The molecule has 0 fully saturated rings. The van der Waals surface area contributed by atoms with E-state index >= 15 is 0 Å². The third-order valence-corrected chi connectivity index (χ3v) is 0.552. The Morgan fingerprint density at radius 2 is 2.22 bits per heavy atom. The van der Waals surface area contributed by atoms with Crippen molar-refractivity contribution < 1.29 is 0 Å². The van der Waals surface area contributed by atoms with Crippen LogP contribution in [-0.2, 0) is 0 Å². The van der Waals surface area contributed by atoms with Crippen molar-refractivity contribution >= 4 is 5.84 Å². The summed E-state index contributed by atoms with van der Waals surface area (Å²) in [5.41, 5.74) is 6.30. The predicted octanol–water partition coefficient (Wildman–Crippen LogP) is 1.82. The maximum atomic E-state index is 6.30. The number of amidine groups is 1. The molecule has 0 radical (unpaired) electrons. The molecular formula is C4H9N5. The summed E-state index contributed by atoms with van der Waals surface area (Å²) in [5.74, 6) is 0.409. The predicted molar refractivity (Wildman–Crippen MR) is 33.7 cm³/mol. The van der Waals surface area contributed by atoms with E-state index in [0.717, 1.165) is 0 Å². The fourth-order valence-corrected chi connectivity index (χ4v) is 0.265. The van der Waals surface area contributed by atoms with Crippen LogP contribution in [-0.4, -0.2) is 12.4 Å². The van der Waals surface area contributed by atoms with Gasteiger partial charge in [-0.25, -0.2) is 0 Å². The molecular weight excluding hydrogens is 118 g/mol. The van der Waals surface area contributed by atoms with Crippen molar-refractivity contribution in [2.75, 3.05) is 6.54 Å². The highest BCUT2D eigenvalue weighted by molar-refractivity contribution is 5.79. The lowest BCUT2D eigenvalue weighted by molar-refractivity contribution is 0.961. The summed E-state index contributed by atoms with van der Waals surface area (Å²) in [6.07, 6.45) is 0. The molecule has 0 aromatic heterocycles. The average Bonchev–Trinajstić information content (AvgIpc) is 1.85. The monoisotopic (exact) mass is 127 g/mol. The minimum atomic E-state index is 0.409. The van der Waals surface area contributed by atoms with Gasteiger partial charge in [-0.05, 0) is 13.8 Å².